The quantitative estimate of drug-likeness (QED) is 0.244. The van der Waals surface area contributed by atoms with Gasteiger partial charge in [0.2, 0.25) is 0 Å². The maximum atomic E-state index is 11.8. The summed E-state index contributed by atoms with van der Waals surface area (Å²) in [6.07, 6.45) is 0.402. The number of phosphoric ester groups is 2. The first-order valence-electron chi connectivity index (χ1n) is 7.86. The molecule has 0 spiro atoms. The van der Waals surface area contributed by atoms with E-state index in [-0.39, 0.29) is 19.6 Å². The Labute approximate surface area is 173 Å². The highest BCUT2D eigenvalue weighted by molar-refractivity contribution is 7.66. The monoisotopic (exact) mass is 514 g/mol. The number of H-pyrrole nitrogens is 1. The molecule has 1 fully saturated rings. The van der Waals surface area contributed by atoms with E-state index in [2.05, 4.69) is 22.7 Å². The predicted octanol–water partition coefficient (Wildman–Crippen LogP) is 0.300. The Morgan fingerprint density at radius 3 is 2.47 bits per heavy atom. The molecule has 0 bridgehead atoms. The second-order valence-corrected chi connectivity index (χ2v) is 11.6. The highest BCUT2D eigenvalue weighted by Crippen LogP contribution is 2.67. The molecule has 0 radical (unpaired) electrons. The molecule has 0 saturated carbocycles. The van der Waals surface area contributed by atoms with Crippen molar-refractivity contribution in [3.63, 3.8) is 0 Å². The Balaban J connectivity index is 1.92. The number of alkyl halides is 1. The fourth-order valence-electron chi connectivity index (χ4n) is 2.39. The third-order valence-corrected chi connectivity index (χ3v) is 8.21. The Bertz CT molecular complexity index is 1030. The Morgan fingerprint density at radius 1 is 1.23 bits per heavy atom. The highest BCUT2D eigenvalue weighted by Gasteiger charge is 2.44. The van der Waals surface area contributed by atoms with Crippen LogP contribution in [0.15, 0.2) is 21.9 Å². The molecule has 5 atom stereocenters. The second-order valence-electron chi connectivity index (χ2n) is 6.07. The van der Waals surface area contributed by atoms with Crippen LogP contribution < -0.4 is 11.2 Å². The largest absolute Gasteiger partial charge is 0.490 e. The van der Waals surface area contributed by atoms with E-state index in [1.807, 2.05) is 0 Å². The van der Waals surface area contributed by atoms with Crippen LogP contribution in [0, 0.1) is 0 Å². The number of phosphoric acid groups is 3. The topological polar surface area (TPSA) is 213 Å². The van der Waals surface area contributed by atoms with Crippen molar-refractivity contribution < 1.29 is 50.8 Å². The van der Waals surface area contributed by atoms with Crippen LogP contribution in [0.4, 0.5) is 0 Å². The SMILES string of the molecule is COP(=O)(O)OP(=O)(O)OP(=O)(O)OC[C@@H]1C[C@](Cl)(Cn2ccc(=O)[nH]c2=O)CO1. The van der Waals surface area contributed by atoms with Gasteiger partial charge < -0.3 is 19.4 Å². The summed E-state index contributed by atoms with van der Waals surface area (Å²) in [5, 5.41) is 0. The van der Waals surface area contributed by atoms with Gasteiger partial charge in [-0.3, -0.25) is 23.4 Å². The van der Waals surface area contributed by atoms with Gasteiger partial charge in [0.1, 0.15) is 0 Å². The molecule has 15 nitrogen and oxygen atoms in total. The number of ether oxygens (including phenoxy) is 1. The van der Waals surface area contributed by atoms with Crippen LogP contribution in [0.3, 0.4) is 0 Å². The number of nitrogens with zero attached hydrogens (tertiary/aromatic N) is 1. The van der Waals surface area contributed by atoms with Gasteiger partial charge in [-0.05, 0) is 6.42 Å². The van der Waals surface area contributed by atoms with Gasteiger partial charge in [0.05, 0.1) is 24.2 Å². The molecular weight excluding hydrogens is 496 g/mol. The lowest BCUT2D eigenvalue weighted by molar-refractivity contribution is 0.0528. The zero-order chi connectivity index (χ0) is 22.8. The summed E-state index contributed by atoms with van der Waals surface area (Å²) in [5.74, 6) is 0. The minimum Gasteiger partial charge on any atom is -0.374 e. The Kier molecular flexibility index (Phi) is 8.07. The normalized spacial score (nSPS) is 27.8. The third-order valence-electron chi connectivity index (χ3n) is 3.59. The lowest BCUT2D eigenvalue weighted by Crippen LogP contribution is -2.37. The van der Waals surface area contributed by atoms with E-state index in [1.54, 1.807) is 0 Å². The summed E-state index contributed by atoms with van der Waals surface area (Å²) in [7, 11) is -15.0. The standard InChI is InChI=1S/C11H18ClN2O13P3/c1-23-28(17,18)26-30(21,22)27-29(19,20)25-5-8-4-11(12,7-24-8)6-14-3-2-9(15)13-10(14)16/h2-3,8H,4-7H2,1H3,(H,17,18)(H,19,20)(H,21,22)(H,13,15,16)/t8-,11-/m0/s1. The molecule has 1 aliphatic heterocycles. The van der Waals surface area contributed by atoms with Crippen LogP contribution in [0.2, 0.25) is 0 Å². The third kappa shape index (κ3) is 7.79. The van der Waals surface area contributed by atoms with E-state index < -0.39 is 52.3 Å². The number of hydrogen-bond donors (Lipinski definition) is 4. The molecule has 1 aromatic rings. The molecule has 172 valence electrons. The van der Waals surface area contributed by atoms with Crippen LogP contribution in [0.25, 0.3) is 0 Å². The number of hydrogen-bond acceptors (Lipinski definition) is 10. The average Bonchev–Trinajstić information content (AvgIpc) is 2.95. The van der Waals surface area contributed by atoms with Gasteiger partial charge in [0.15, 0.2) is 0 Å². The summed E-state index contributed by atoms with van der Waals surface area (Å²) in [6, 6.07) is 1.13. The van der Waals surface area contributed by atoms with Gasteiger partial charge in [0, 0.05) is 25.9 Å². The molecule has 2 heterocycles. The lowest BCUT2D eigenvalue weighted by atomic mass is 10.1. The molecule has 1 saturated heterocycles. The molecule has 1 aliphatic rings. The summed E-state index contributed by atoms with van der Waals surface area (Å²) in [5.41, 5.74) is -1.27. The van der Waals surface area contributed by atoms with E-state index in [0.717, 1.165) is 10.6 Å². The van der Waals surface area contributed by atoms with Crippen LogP contribution >= 0.6 is 35.1 Å². The lowest BCUT2D eigenvalue weighted by Gasteiger charge is -2.20. The van der Waals surface area contributed by atoms with Crippen molar-refractivity contribution in [1.82, 2.24) is 9.55 Å². The molecule has 0 aromatic carbocycles. The molecular formula is C11H18ClN2O13P3. The first-order chi connectivity index (χ1) is 13.6. The highest BCUT2D eigenvalue weighted by atomic mass is 35.5. The van der Waals surface area contributed by atoms with Crippen molar-refractivity contribution in [1.29, 1.82) is 0 Å². The van der Waals surface area contributed by atoms with Crippen molar-refractivity contribution in [3.8, 4) is 0 Å². The molecule has 3 unspecified atom stereocenters. The van der Waals surface area contributed by atoms with E-state index in [1.165, 1.54) is 6.20 Å². The molecule has 0 aliphatic carbocycles. The number of rotatable bonds is 10. The zero-order valence-corrected chi connectivity index (χ0v) is 18.6. The van der Waals surface area contributed by atoms with Crippen molar-refractivity contribution in [2.24, 2.45) is 0 Å². The Hall–Kier alpha value is -0.660. The van der Waals surface area contributed by atoms with E-state index >= 15 is 0 Å². The van der Waals surface area contributed by atoms with E-state index in [0.29, 0.717) is 7.11 Å². The van der Waals surface area contributed by atoms with Gasteiger partial charge >= 0.3 is 29.2 Å². The molecule has 1 aromatic heterocycles. The first kappa shape index (κ1) is 25.6. The fraction of sp³-hybridized carbons (Fsp3) is 0.636. The number of aromatic nitrogens is 2. The van der Waals surface area contributed by atoms with Gasteiger partial charge in [-0.25, -0.2) is 18.5 Å². The summed E-state index contributed by atoms with van der Waals surface area (Å²) >= 11 is 6.38. The second kappa shape index (κ2) is 9.45. The first-order valence-corrected chi connectivity index (χ1v) is 12.7. The van der Waals surface area contributed by atoms with Crippen LogP contribution in [0.1, 0.15) is 6.42 Å². The van der Waals surface area contributed by atoms with Crippen molar-refractivity contribution in [3.05, 3.63) is 33.1 Å². The Morgan fingerprint density at radius 2 is 1.87 bits per heavy atom. The van der Waals surface area contributed by atoms with Gasteiger partial charge in [-0.15, -0.1) is 11.6 Å². The van der Waals surface area contributed by atoms with Crippen molar-refractivity contribution in [2.75, 3.05) is 20.3 Å². The summed E-state index contributed by atoms with van der Waals surface area (Å²) < 4.78 is 57.0. The molecule has 4 N–H and O–H groups in total. The summed E-state index contributed by atoms with van der Waals surface area (Å²) in [6.45, 7) is -0.770. The van der Waals surface area contributed by atoms with Gasteiger partial charge in [-0.2, -0.15) is 8.62 Å². The van der Waals surface area contributed by atoms with Crippen LogP contribution in [-0.2, 0) is 42.6 Å². The number of halogens is 1. The van der Waals surface area contributed by atoms with E-state index in [9.17, 15) is 33.1 Å². The molecule has 2 rings (SSSR count). The van der Waals surface area contributed by atoms with Gasteiger partial charge in [0.25, 0.3) is 5.56 Å². The van der Waals surface area contributed by atoms with Crippen LogP contribution in [-0.4, -0.2) is 55.5 Å². The molecule has 0 amide bonds. The minimum atomic E-state index is -5.50. The maximum absolute atomic E-state index is 11.8. The maximum Gasteiger partial charge on any atom is 0.490 e. The van der Waals surface area contributed by atoms with Gasteiger partial charge in [-0.1, -0.05) is 0 Å². The molecule has 19 heteroatoms. The van der Waals surface area contributed by atoms with Crippen LogP contribution in [0.5, 0.6) is 0 Å². The zero-order valence-electron chi connectivity index (χ0n) is 15.2. The number of aromatic amines is 1. The number of nitrogens with one attached hydrogen (secondary N) is 1. The van der Waals surface area contributed by atoms with E-state index in [4.69, 9.17) is 21.2 Å². The fourth-order valence-corrected chi connectivity index (χ4v) is 6.04. The molecule has 30 heavy (non-hydrogen) atoms. The smallest absolute Gasteiger partial charge is 0.374 e. The van der Waals surface area contributed by atoms with Crippen molar-refractivity contribution >= 4 is 35.1 Å². The minimum absolute atomic E-state index is 0.0307. The van der Waals surface area contributed by atoms with Crippen molar-refractivity contribution in [2.45, 2.75) is 23.9 Å². The summed E-state index contributed by atoms with van der Waals surface area (Å²) in [4.78, 5) is 51.6. The predicted molar refractivity (Wildman–Crippen MR) is 98.9 cm³/mol. The average molecular weight is 515 g/mol.